The van der Waals surface area contributed by atoms with Gasteiger partial charge in [-0.25, -0.2) is 0 Å². The molecule has 0 saturated carbocycles. The number of nitrogens with one attached hydrogen (secondary N) is 1. The van der Waals surface area contributed by atoms with E-state index in [4.69, 9.17) is 4.74 Å². The summed E-state index contributed by atoms with van der Waals surface area (Å²) in [5.41, 5.74) is 6.60. The highest BCUT2D eigenvalue weighted by Gasteiger charge is 2.18. The molecule has 0 radical (unpaired) electrons. The summed E-state index contributed by atoms with van der Waals surface area (Å²) >= 11 is 2.45. The number of ether oxygens (including phenoxy) is 1. The van der Waals surface area contributed by atoms with Crippen molar-refractivity contribution in [3.05, 3.63) is 51.1 Å². The molecule has 1 fully saturated rings. The zero-order valence-corrected chi connectivity index (χ0v) is 15.3. The summed E-state index contributed by atoms with van der Waals surface area (Å²) in [4.78, 5) is 0. The first kappa shape index (κ1) is 15.8. The summed E-state index contributed by atoms with van der Waals surface area (Å²) in [5.74, 6) is 0. The molecule has 3 rings (SSSR count). The molecule has 0 aromatic heterocycles. The van der Waals surface area contributed by atoms with Gasteiger partial charge in [-0.1, -0.05) is 24.3 Å². The quantitative estimate of drug-likeness (QED) is 0.710. The fourth-order valence-electron chi connectivity index (χ4n) is 3.13. The Hall–Kier alpha value is -1.07. The van der Waals surface area contributed by atoms with Crippen LogP contribution in [0.4, 0.5) is 5.69 Å². The van der Waals surface area contributed by atoms with Crippen LogP contribution in [0, 0.1) is 17.4 Å². The molecule has 3 heteroatoms. The van der Waals surface area contributed by atoms with Gasteiger partial charge in [-0.2, -0.15) is 0 Å². The van der Waals surface area contributed by atoms with Crippen LogP contribution in [-0.2, 0) is 4.74 Å². The van der Waals surface area contributed by atoms with Crippen molar-refractivity contribution >= 4 is 28.3 Å². The molecule has 0 bridgehead atoms. The molecule has 2 aromatic rings. The lowest BCUT2D eigenvalue weighted by Crippen LogP contribution is -2.28. The van der Waals surface area contributed by atoms with E-state index in [1.807, 2.05) is 0 Å². The van der Waals surface area contributed by atoms with Crippen LogP contribution in [-0.4, -0.2) is 19.3 Å². The van der Waals surface area contributed by atoms with Gasteiger partial charge in [0.15, 0.2) is 0 Å². The van der Waals surface area contributed by atoms with Crippen molar-refractivity contribution in [2.24, 2.45) is 0 Å². The molecule has 1 aliphatic heterocycles. The lowest BCUT2D eigenvalue weighted by molar-refractivity contribution is 0.0904. The Bertz CT molecular complexity index is 642. The van der Waals surface area contributed by atoms with Crippen LogP contribution in [0.3, 0.4) is 0 Å². The summed E-state index contributed by atoms with van der Waals surface area (Å²) < 4.78 is 6.78. The van der Waals surface area contributed by atoms with Gasteiger partial charge in [-0.3, -0.25) is 0 Å². The maximum absolute atomic E-state index is 5.47. The highest BCUT2D eigenvalue weighted by atomic mass is 127. The van der Waals surface area contributed by atoms with Crippen molar-refractivity contribution in [2.75, 3.05) is 18.5 Å². The smallest absolute Gasteiger partial charge is 0.0485 e. The number of hydrogen-bond acceptors (Lipinski definition) is 2. The van der Waals surface area contributed by atoms with E-state index in [-0.39, 0.29) is 0 Å². The molecule has 0 amide bonds. The molecule has 2 aromatic carbocycles. The molecular weight excluding hydrogens is 385 g/mol. The SMILES string of the molecule is Cc1cccc(I)c1-c1c(C)cccc1NC1CCOCC1. The molecule has 22 heavy (non-hydrogen) atoms. The second kappa shape index (κ2) is 7.01. The number of rotatable bonds is 3. The highest BCUT2D eigenvalue weighted by molar-refractivity contribution is 14.1. The van der Waals surface area contributed by atoms with Crippen molar-refractivity contribution in [3.63, 3.8) is 0 Å². The highest BCUT2D eigenvalue weighted by Crippen LogP contribution is 2.37. The van der Waals surface area contributed by atoms with E-state index in [2.05, 4.69) is 78.2 Å². The van der Waals surface area contributed by atoms with E-state index in [1.54, 1.807) is 0 Å². The summed E-state index contributed by atoms with van der Waals surface area (Å²) in [6, 6.07) is 13.6. The average Bonchev–Trinajstić information content (AvgIpc) is 2.50. The van der Waals surface area contributed by atoms with Crippen molar-refractivity contribution in [1.82, 2.24) is 0 Å². The number of benzene rings is 2. The minimum atomic E-state index is 0.510. The molecule has 1 saturated heterocycles. The van der Waals surface area contributed by atoms with Gasteiger partial charge in [0.2, 0.25) is 0 Å². The zero-order chi connectivity index (χ0) is 15.5. The number of halogens is 1. The normalized spacial score (nSPS) is 15.8. The van der Waals surface area contributed by atoms with Crippen LogP contribution in [0.5, 0.6) is 0 Å². The molecule has 116 valence electrons. The fourth-order valence-corrected chi connectivity index (χ4v) is 4.03. The van der Waals surface area contributed by atoms with Crippen LogP contribution in [0.1, 0.15) is 24.0 Å². The summed E-state index contributed by atoms with van der Waals surface area (Å²) in [5, 5.41) is 3.76. The van der Waals surface area contributed by atoms with Gasteiger partial charge in [-0.15, -0.1) is 0 Å². The first-order chi connectivity index (χ1) is 10.7. The molecule has 2 nitrogen and oxygen atoms in total. The lowest BCUT2D eigenvalue weighted by atomic mass is 9.94. The third kappa shape index (κ3) is 3.30. The molecule has 0 unspecified atom stereocenters. The molecule has 1 N–H and O–H groups in total. The van der Waals surface area contributed by atoms with E-state index in [0.717, 1.165) is 26.1 Å². The zero-order valence-electron chi connectivity index (χ0n) is 13.2. The van der Waals surface area contributed by atoms with Crippen molar-refractivity contribution < 1.29 is 4.74 Å². The maximum Gasteiger partial charge on any atom is 0.0485 e. The third-order valence-corrected chi connectivity index (χ3v) is 5.22. The Morgan fingerprint density at radius 2 is 1.59 bits per heavy atom. The first-order valence-electron chi connectivity index (χ1n) is 7.86. The second-order valence-corrected chi connectivity index (χ2v) is 7.12. The monoisotopic (exact) mass is 407 g/mol. The molecule has 1 aliphatic rings. The van der Waals surface area contributed by atoms with Crippen LogP contribution < -0.4 is 5.32 Å². The van der Waals surface area contributed by atoms with E-state index >= 15 is 0 Å². The third-order valence-electron chi connectivity index (χ3n) is 4.33. The lowest BCUT2D eigenvalue weighted by Gasteiger charge is -2.26. The van der Waals surface area contributed by atoms with E-state index in [9.17, 15) is 0 Å². The Morgan fingerprint density at radius 3 is 2.27 bits per heavy atom. The molecule has 0 aliphatic carbocycles. The topological polar surface area (TPSA) is 21.3 Å². The molecular formula is C19H22INO. The standard InChI is InChI=1S/C19H22INO/c1-13-5-3-7-16(20)18(13)19-14(2)6-4-8-17(19)21-15-9-11-22-12-10-15/h3-8,15,21H,9-12H2,1-2H3. The van der Waals surface area contributed by atoms with Crippen molar-refractivity contribution in [3.8, 4) is 11.1 Å². The molecule has 0 atom stereocenters. The number of anilines is 1. The predicted molar refractivity (Wildman–Crippen MR) is 102 cm³/mol. The predicted octanol–water partition coefficient (Wildman–Crippen LogP) is 5.17. The summed E-state index contributed by atoms with van der Waals surface area (Å²) in [7, 11) is 0. The van der Waals surface area contributed by atoms with Gasteiger partial charge < -0.3 is 10.1 Å². The van der Waals surface area contributed by atoms with Gasteiger partial charge in [-0.05, 0) is 72.5 Å². The van der Waals surface area contributed by atoms with E-state index in [0.29, 0.717) is 6.04 Å². The van der Waals surface area contributed by atoms with Gasteiger partial charge >= 0.3 is 0 Å². The second-order valence-electron chi connectivity index (χ2n) is 5.96. The van der Waals surface area contributed by atoms with Crippen LogP contribution in [0.2, 0.25) is 0 Å². The Labute approximate surface area is 146 Å². The van der Waals surface area contributed by atoms with Gasteiger partial charge in [0.05, 0.1) is 0 Å². The van der Waals surface area contributed by atoms with E-state index in [1.165, 1.54) is 31.5 Å². The van der Waals surface area contributed by atoms with Crippen molar-refractivity contribution in [2.45, 2.75) is 32.7 Å². The van der Waals surface area contributed by atoms with Crippen molar-refractivity contribution in [1.29, 1.82) is 0 Å². The van der Waals surface area contributed by atoms with Crippen LogP contribution in [0.15, 0.2) is 36.4 Å². The Morgan fingerprint density at radius 1 is 0.955 bits per heavy atom. The minimum absolute atomic E-state index is 0.510. The van der Waals surface area contributed by atoms with Gasteiger partial charge in [0.1, 0.15) is 0 Å². The average molecular weight is 407 g/mol. The Balaban J connectivity index is 2.03. The minimum Gasteiger partial charge on any atom is -0.382 e. The van der Waals surface area contributed by atoms with E-state index < -0.39 is 0 Å². The summed E-state index contributed by atoms with van der Waals surface area (Å²) in [6.07, 6.45) is 2.16. The molecule has 0 spiro atoms. The first-order valence-corrected chi connectivity index (χ1v) is 8.94. The number of hydrogen-bond donors (Lipinski definition) is 1. The van der Waals surface area contributed by atoms with Gasteiger partial charge in [0.25, 0.3) is 0 Å². The number of aryl methyl sites for hydroxylation is 2. The Kier molecular flexibility index (Phi) is 5.03. The largest absolute Gasteiger partial charge is 0.382 e. The van der Waals surface area contributed by atoms with Crippen LogP contribution >= 0.6 is 22.6 Å². The summed E-state index contributed by atoms with van der Waals surface area (Å²) in [6.45, 7) is 6.12. The van der Waals surface area contributed by atoms with Crippen LogP contribution in [0.25, 0.3) is 11.1 Å². The fraction of sp³-hybridized carbons (Fsp3) is 0.368. The van der Waals surface area contributed by atoms with Gasteiger partial charge in [0, 0.05) is 39.6 Å². The maximum atomic E-state index is 5.47. The molecule has 1 heterocycles.